The predicted molar refractivity (Wildman–Crippen MR) is 51.3 cm³/mol. The molecule has 0 saturated carbocycles. The molecule has 2 N–H and O–H groups in total. The molecule has 0 aliphatic heterocycles. The van der Waals surface area contributed by atoms with Gasteiger partial charge < -0.3 is 10.5 Å². The summed E-state index contributed by atoms with van der Waals surface area (Å²) in [5.41, 5.74) is 6.08. The third kappa shape index (κ3) is 3.14. The van der Waals surface area contributed by atoms with Crippen molar-refractivity contribution in [2.24, 2.45) is 5.73 Å². The average molecular weight is 176 g/mol. The minimum absolute atomic E-state index is 0.360. The van der Waals surface area contributed by atoms with E-state index in [1.54, 1.807) is 12.4 Å². The third-order valence-corrected chi connectivity index (χ3v) is 1.36. The standard InChI is InChI=1S/C10H12N2O/c1-2-13-10-6-9(4-3-5-11)7-12-8-10/h6-8H,2,5,11H2,1H3. The lowest BCUT2D eigenvalue weighted by atomic mass is 10.3. The molecule has 0 amide bonds. The zero-order valence-corrected chi connectivity index (χ0v) is 7.58. The summed E-state index contributed by atoms with van der Waals surface area (Å²) < 4.78 is 5.26. The van der Waals surface area contributed by atoms with Crippen LogP contribution in [0.2, 0.25) is 0 Å². The van der Waals surface area contributed by atoms with Gasteiger partial charge in [-0.3, -0.25) is 4.98 Å². The molecule has 13 heavy (non-hydrogen) atoms. The van der Waals surface area contributed by atoms with Gasteiger partial charge >= 0.3 is 0 Å². The highest BCUT2D eigenvalue weighted by molar-refractivity contribution is 5.36. The zero-order valence-electron chi connectivity index (χ0n) is 7.58. The van der Waals surface area contributed by atoms with Crippen LogP contribution in [-0.4, -0.2) is 18.1 Å². The monoisotopic (exact) mass is 176 g/mol. The molecule has 0 spiro atoms. The molecule has 3 nitrogen and oxygen atoms in total. The molecule has 0 aliphatic rings. The fraction of sp³-hybridized carbons (Fsp3) is 0.300. The molecule has 1 aromatic heterocycles. The average Bonchev–Trinajstić information content (AvgIpc) is 2.16. The minimum atomic E-state index is 0.360. The van der Waals surface area contributed by atoms with Crippen molar-refractivity contribution in [3.8, 4) is 17.6 Å². The largest absolute Gasteiger partial charge is 0.492 e. The second-order valence-electron chi connectivity index (χ2n) is 2.35. The molecule has 1 rings (SSSR count). The van der Waals surface area contributed by atoms with E-state index in [1.807, 2.05) is 13.0 Å². The Bertz CT molecular complexity index is 325. The number of ether oxygens (including phenoxy) is 1. The Morgan fingerprint density at radius 3 is 3.08 bits per heavy atom. The first-order chi connectivity index (χ1) is 6.36. The van der Waals surface area contributed by atoms with Crippen molar-refractivity contribution in [1.29, 1.82) is 0 Å². The summed E-state index contributed by atoms with van der Waals surface area (Å²) in [5, 5.41) is 0. The number of aromatic nitrogens is 1. The maximum atomic E-state index is 5.26. The second-order valence-corrected chi connectivity index (χ2v) is 2.35. The summed E-state index contributed by atoms with van der Waals surface area (Å²) in [4.78, 5) is 3.99. The van der Waals surface area contributed by atoms with Gasteiger partial charge in [-0.25, -0.2) is 0 Å². The lowest BCUT2D eigenvalue weighted by Crippen LogP contribution is -1.94. The SMILES string of the molecule is CCOc1cncc(C#CCN)c1. The van der Waals surface area contributed by atoms with Crippen LogP contribution in [0.3, 0.4) is 0 Å². The fourth-order valence-electron chi connectivity index (χ4n) is 0.886. The lowest BCUT2D eigenvalue weighted by Gasteiger charge is -2.00. The number of nitrogens with two attached hydrogens (primary N) is 1. The van der Waals surface area contributed by atoms with E-state index < -0.39 is 0 Å². The number of pyridine rings is 1. The van der Waals surface area contributed by atoms with Crippen molar-refractivity contribution in [1.82, 2.24) is 4.98 Å². The van der Waals surface area contributed by atoms with E-state index >= 15 is 0 Å². The Hall–Kier alpha value is -1.53. The summed E-state index contributed by atoms with van der Waals surface area (Å²) in [7, 11) is 0. The van der Waals surface area contributed by atoms with Crippen molar-refractivity contribution >= 4 is 0 Å². The second kappa shape index (κ2) is 5.18. The van der Waals surface area contributed by atoms with Crippen LogP contribution in [-0.2, 0) is 0 Å². The van der Waals surface area contributed by atoms with E-state index in [0.29, 0.717) is 13.2 Å². The third-order valence-electron chi connectivity index (χ3n) is 1.36. The highest BCUT2D eigenvalue weighted by Gasteiger charge is 1.92. The molecule has 0 saturated heterocycles. The molecule has 1 aromatic rings. The Morgan fingerprint density at radius 2 is 2.38 bits per heavy atom. The van der Waals surface area contributed by atoms with Gasteiger partial charge in [0, 0.05) is 11.8 Å². The van der Waals surface area contributed by atoms with Crippen molar-refractivity contribution in [2.45, 2.75) is 6.92 Å². The van der Waals surface area contributed by atoms with Gasteiger partial charge in [-0.2, -0.15) is 0 Å². The molecule has 0 aromatic carbocycles. The highest BCUT2D eigenvalue weighted by Crippen LogP contribution is 2.09. The van der Waals surface area contributed by atoms with Gasteiger partial charge in [0.2, 0.25) is 0 Å². The first-order valence-corrected chi connectivity index (χ1v) is 4.13. The van der Waals surface area contributed by atoms with Crippen LogP contribution in [0, 0.1) is 11.8 Å². The van der Waals surface area contributed by atoms with Crippen molar-refractivity contribution in [3.63, 3.8) is 0 Å². The normalized spacial score (nSPS) is 8.77. The van der Waals surface area contributed by atoms with Gasteiger partial charge in [0.1, 0.15) is 5.75 Å². The van der Waals surface area contributed by atoms with Crippen LogP contribution in [0.25, 0.3) is 0 Å². The summed E-state index contributed by atoms with van der Waals surface area (Å²) in [6.07, 6.45) is 3.35. The highest BCUT2D eigenvalue weighted by atomic mass is 16.5. The van der Waals surface area contributed by atoms with Gasteiger partial charge in [0.25, 0.3) is 0 Å². The van der Waals surface area contributed by atoms with Gasteiger partial charge in [0.05, 0.1) is 19.3 Å². The number of hydrogen-bond acceptors (Lipinski definition) is 3. The van der Waals surface area contributed by atoms with E-state index in [2.05, 4.69) is 16.8 Å². The molecule has 3 heteroatoms. The van der Waals surface area contributed by atoms with Gasteiger partial charge in [-0.05, 0) is 13.0 Å². The number of nitrogens with zero attached hydrogens (tertiary/aromatic N) is 1. The Morgan fingerprint density at radius 1 is 1.54 bits per heavy atom. The number of hydrogen-bond donors (Lipinski definition) is 1. The molecule has 0 atom stereocenters. The Balaban J connectivity index is 2.79. The van der Waals surface area contributed by atoms with Crippen LogP contribution in [0.4, 0.5) is 0 Å². The molecule has 68 valence electrons. The lowest BCUT2D eigenvalue weighted by molar-refractivity contribution is 0.339. The Kier molecular flexibility index (Phi) is 3.80. The van der Waals surface area contributed by atoms with Crippen LogP contribution < -0.4 is 10.5 Å². The molecule has 0 bridgehead atoms. The van der Waals surface area contributed by atoms with Crippen molar-refractivity contribution in [3.05, 3.63) is 24.0 Å². The minimum Gasteiger partial charge on any atom is -0.492 e. The van der Waals surface area contributed by atoms with Gasteiger partial charge in [-0.1, -0.05) is 11.8 Å². The molecule has 0 radical (unpaired) electrons. The zero-order chi connectivity index (χ0) is 9.52. The van der Waals surface area contributed by atoms with E-state index in [-0.39, 0.29) is 0 Å². The van der Waals surface area contributed by atoms with Gasteiger partial charge in [-0.15, -0.1) is 0 Å². The summed E-state index contributed by atoms with van der Waals surface area (Å²) in [6.45, 7) is 2.92. The van der Waals surface area contributed by atoms with Crippen molar-refractivity contribution < 1.29 is 4.74 Å². The topological polar surface area (TPSA) is 48.1 Å². The molecule has 1 heterocycles. The van der Waals surface area contributed by atoms with Crippen LogP contribution in [0.5, 0.6) is 5.75 Å². The first kappa shape index (κ1) is 9.56. The predicted octanol–water partition coefficient (Wildman–Crippen LogP) is 0.790. The number of rotatable bonds is 2. The summed E-state index contributed by atoms with van der Waals surface area (Å²) in [5.74, 6) is 6.38. The molecule has 0 unspecified atom stereocenters. The quantitative estimate of drug-likeness (QED) is 0.678. The summed E-state index contributed by atoms with van der Waals surface area (Å²) in [6, 6.07) is 1.85. The van der Waals surface area contributed by atoms with Crippen LogP contribution in [0.1, 0.15) is 12.5 Å². The maximum Gasteiger partial charge on any atom is 0.138 e. The molecule has 0 fully saturated rings. The maximum absolute atomic E-state index is 5.26. The molecule has 0 aliphatic carbocycles. The smallest absolute Gasteiger partial charge is 0.138 e. The van der Waals surface area contributed by atoms with Crippen LogP contribution in [0.15, 0.2) is 18.5 Å². The van der Waals surface area contributed by atoms with E-state index in [1.165, 1.54) is 0 Å². The molecular formula is C10H12N2O. The van der Waals surface area contributed by atoms with Gasteiger partial charge in [0.15, 0.2) is 0 Å². The summed E-state index contributed by atoms with van der Waals surface area (Å²) >= 11 is 0. The van der Waals surface area contributed by atoms with E-state index in [0.717, 1.165) is 11.3 Å². The molecular weight excluding hydrogens is 164 g/mol. The van der Waals surface area contributed by atoms with E-state index in [4.69, 9.17) is 10.5 Å². The first-order valence-electron chi connectivity index (χ1n) is 4.13. The fourth-order valence-corrected chi connectivity index (χ4v) is 0.886. The van der Waals surface area contributed by atoms with Crippen LogP contribution >= 0.6 is 0 Å². The Labute approximate surface area is 77.9 Å². The van der Waals surface area contributed by atoms with E-state index in [9.17, 15) is 0 Å². The van der Waals surface area contributed by atoms with Crippen molar-refractivity contribution in [2.75, 3.05) is 13.2 Å².